The number of rotatable bonds is 1. The Morgan fingerprint density at radius 3 is 2.31 bits per heavy atom. The van der Waals surface area contributed by atoms with E-state index in [0.29, 0.717) is 0 Å². The molecule has 6 nitrogen and oxygen atoms in total. The maximum atomic E-state index is 12.4. The molecule has 1 atom stereocenters. The highest BCUT2D eigenvalue weighted by atomic mass is 79.9. The molecule has 2 aliphatic rings. The molecule has 4 rings (SSSR count). The van der Waals surface area contributed by atoms with Gasteiger partial charge < -0.3 is 14.5 Å². The monoisotopic (exact) mass is 502 g/mol. The van der Waals surface area contributed by atoms with Crippen LogP contribution in [0.2, 0.25) is 0 Å². The van der Waals surface area contributed by atoms with Crippen LogP contribution in [0.5, 0.6) is 0 Å². The van der Waals surface area contributed by atoms with Gasteiger partial charge in [-0.15, -0.1) is 0 Å². The molecule has 2 fully saturated rings. The lowest BCUT2D eigenvalue weighted by atomic mass is 9.79. The molecule has 2 saturated heterocycles. The third-order valence-corrected chi connectivity index (χ3v) is 6.29. The first-order valence-electron chi connectivity index (χ1n) is 11.3. The van der Waals surface area contributed by atoms with Gasteiger partial charge in [-0.3, -0.25) is 0 Å². The minimum atomic E-state index is -0.434. The number of nitrogens with zero attached hydrogens (tertiary/aromatic N) is 4. The summed E-state index contributed by atoms with van der Waals surface area (Å²) >= 11 is 3.25. The van der Waals surface area contributed by atoms with Crippen molar-refractivity contribution in [3.05, 3.63) is 52.4 Å². The molecule has 1 spiro atoms. The van der Waals surface area contributed by atoms with Crippen LogP contribution >= 0.6 is 15.9 Å². The first-order valence-corrected chi connectivity index (χ1v) is 12.1. The Morgan fingerprint density at radius 2 is 1.72 bits per heavy atom. The Hall–Kier alpha value is -2.15. The van der Waals surface area contributed by atoms with Gasteiger partial charge >= 0.3 is 6.09 Å². The Labute approximate surface area is 200 Å². The zero-order chi connectivity index (χ0) is 23.4. The zero-order valence-corrected chi connectivity index (χ0v) is 21.5. The van der Waals surface area contributed by atoms with E-state index in [-0.39, 0.29) is 11.5 Å². The largest absolute Gasteiger partial charge is 0.444 e. The van der Waals surface area contributed by atoms with E-state index in [9.17, 15) is 4.79 Å². The molecule has 0 bridgehead atoms. The van der Waals surface area contributed by atoms with Crippen LogP contribution in [0, 0.1) is 19.3 Å². The minimum absolute atomic E-state index is 0.176. The molecule has 1 unspecified atom stereocenters. The molecule has 1 amide bonds. The lowest BCUT2D eigenvalue weighted by Crippen LogP contribution is -2.46. The number of anilines is 1. The Morgan fingerprint density at radius 1 is 1.03 bits per heavy atom. The van der Waals surface area contributed by atoms with Gasteiger partial charge in [0.25, 0.3) is 0 Å². The average Bonchev–Trinajstić information content (AvgIpc) is 3.10. The minimum Gasteiger partial charge on any atom is -0.444 e. The number of carbonyl (C=O) groups is 1. The summed E-state index contributed by atoms with van der Waals surface area (Å²) in [5, 5.41) is 0. The standard InChI is InChI=1S/C19H29N3O2.C6H6BrN/c1-15-6-9-20-16(12-15)21-10-5-7-19(13-21)8-11-22(14-19)17(23)24-18(2,3)4;1-5-2-3-8-6(7)4-5/h6,9,12H,5,7-8,10-11,13-14H2,1-4H3;2-4H,1H3. The predicted octanol–water partition coefficient (Wildman–Crippen LogP) is 5.77. The molecule has 0 saturated carbocycles. The van der Waals surface area contributed by atoms with Crippen molar-refractivity contribution in [2.45, 2.75) is 59.5 Å². The first-order chi connectivity index (χ1) is 15.1. The highest BCUT2D eigenvalue weighted by molar-refractivity contribution is 9.10. The second-order valence-corrected chi connectivity index (χ2v) is 10.8. The SMILES string of the molecule is Cc1ccnc(Br)c1.Cc1ccnc(N2CCCC3(CCN(C(=O)OC(C)(C)C)C3)C2)c1. The molecular formula is C25H35BrN4O2. The number of pyridine rings is 2. The van der Waals surface area contributed by atoms with Gasteiger partial charge in [-0.25, -0.2) is 14.8 Å². The number of halogens is 1. The average molecular weight is 503 g/mol. The summed E-state index contributed by atoms with van der Waals surface area (Å²) in [6, 6.07) is 8.12. The third kappa shape index (κ3) is 6.92. The summed E-state index contributed by atoms with van der Waals surface area (Å²) in [5.41, 5.74) is 2.21. The van der Waals surface area contributed by atoms with Crippen molar-refractivity contribution in [2.75, 3.05) is 31.1 Å². The number of hydrogen-bond acceptors (Lipinski definition) is 5. The first kappa shape index (κ1) is 24.5. The van der Waals surface area contributed by atoms with Crippen LogP contribution in [0.15, 0.2) is 41.3 Å². The van der Waals surface area contributed by atoms with Crippen LogP contribution < -0.4 is 4.90 Å². The van der Waals surface area contributed by atoms with E-state index in [2.05, 4.69) is 43.8 Å². The van der Waals surface area contributed by atoms with E-state index < -0.39 is 5.60 Å². The van der Waals surface area contributed by atoms with Gasteiger partial charge in [-0.2, -0.15) is 0 Å². The number of amides is 1. The fraction of sp³-hybridized carbons (Fsp3) is 0.560. The van der Waals surface area contributed by atoms with Gasteiger partial charge in [-0.1, -0.05) is 0 Å². The number of hydrogen-bond donors (Lipinski definition) is 0. The molecule has 2 aromatic rings. The smallest absolute Gasteiger partial charge is 0.410 e. The highest BCUT2D eigenvalue weighted by Crippen LogP contribution is 2.40. The summed E-state index contributed by atoms with van der Waals surface area (Å²) in [6.07, 6.45) is 6.86. The van der Waals surface area contributed by atoms with Crippen molar-refractivity contribution in [2.24, 2.45) is 5.41 Å². The van der Waals surface area contributed by atoms with Gasteiger partial charge in [0.05, 0.1) is 0 Å². The van der Waals surface area contributed by atoms with Gasteiger partial charge in [0, 0.05) is 44.0 Å². The number of likely N-dealkylation sites (tertiary alicyclic amines) is 1. The quantitative estimate of drug-likeness (QED) is 0.463. The van der Waals surface area contributed by atoms with Gasteiger partial charge in [-0.05, 0) is 105 Å². The number of aryl methyl sites for hydroxylation is 2. The molecule has 0 aromatic carbocycles. The van der Waals surface area contributed by atoms with Gasteiger partial charge in [0.15, 0.2) is 0 Å². The molecule has 7 heteroatoms. The summed E-state index contributed by atoms with van der Waals surface area (Å²) in [5.74, 6) is 1.06. The summed E-state index contributed by atoms with van der Waals surface area (Å²) < 4.78 is 6.44. The van der Waals surface area contributed by atoms with Crippen LogP contribution in [0.3, 0.4) is 0 Å². The molecular weight excluding hydrogens is 468 g/mol. The van der Waals surface area contributed by atoms with E-state index in [1.54, 1.807) is 6.20 Å². The van der Waals surface area contributed by atoms with Gasteiger partial charge in [0.1, 0.15) is 16.0 Å². The van der Waals surface area contributed by atoms with Crippen molar-refractivity contribution in [3.8, 4) is 0 Å². The second kappa shape index (κ2) is 10.2. The molecule has 174 valence electrons. The van der Waals surface area contributed by atoms with E-state index in [0.717, 1.165) is 49.4 Å². The van der Waals surface area contributed by atoms with E-state index >= 15 is 0 Å². The van der Waals surface area contributed by atoms with Crippen LogP contribution in [0.4, 0.5) is 10.6 Å². The summed E-state index contributed by atoms with van der Waals surface area (Å²) in [7, 11) is 0. The van der Waals surface area contributed by atoms with Crippen molar-refractivity contribution >= 4 is 27.8 Å². The van der Waals surface area contributed by atoms with Crippen molar-refractivity contribution in [1.29, 1.82) is 0 Å². The molecule has 2 aromatic heterocycles. The predicted molar refractivity (Wildman–Crippen MR) is 132 cm³/mol. The Kier molecular flexibility index (Phi) is 7.80. The normalized spacial score (nSPS) is 20.7. The molecule has 0 aliphatic carbocycles. The summed E-state index contributed by atoms with van der Waals surface area (Å²) in [6.45, 7) is 13.5. The lowest BCUT2D eigenvalue weighted by Gasteiger charge is -2.41. The highest BCUT2D eigenvalue weighted by Gasteiger charge is 2.44. The molecule has 4 heterocycles. The van der Waals surface area contributed by atoms with Crippen LogP contribution in [-0.4, -0.2) is 52.7 Å². The van der Waals surface area contributed by atoms with Crippen molar-refractivity contribution in [1.82, 2.24) is 14.9 Å². The zero-order valence-electron chi connectivity index (χ0n) is 19.9. The second-order valence-electron chi connectivity index (χ2n) is 10.0. The molecule has 2 aliphatic heterocycles. The Bertz CT molecular complexity index is 913. The molecule has 32 heavy (non-hydrogen) atoms. The molecule has 0 N–H and O–H groups in total. The topological polar surface area (TPSA) is 58.6 Å². The number of ether oxygens (including phenoxy) is 1. The maximum absolute atomic E-state index is 12.4. The Balaban J connectivity index is 0.000000305. The molecule has 0 radical (unpaired) electrons. The number of piperidine rings is 1. The maximum Gasteiger partial charge on any atom is 0.410 e. The fourth-order valence-electron chi connectivity index (χ4n) is 4.35. The van der Waals surface area contributed by atoms with Crippen molar-refractivity contribution in [3.63, 3.8) is 0 Å². The van der Waals surface area contributed by atoms with Crippen LogP contribution in [0.25, 0.3) is 0 Å². The lowest BCUT2D eigenvalue weighted by molar-refractivity contribution is 0.0269. The van der Waals surface area contributed by atoms with E-state index in [4.69, 9.17) is 4.74 Å². The van der Waals surface area contributed by atoms with Crippen LogP contribution in [0.1, 0.15) is 51.2 Å². The fourth-order valence-corrected chi connectivity index (χ4v) is 4.83. The van der Waals surface area contributed by atoms with E-state index in [1.807, 2.05) is 57.0 Å². The van der Waals surface area contributed by atoms with Crippen molar-refractivity contribution < 1.29 is 9.53 Å². The van der Waals surface area contributed by atoms with Crippen LogP contribution in [-0.2, 0) is 4.74 Å². The number of carbonyl (C=O) groups excluding carboxylic acids is 1. The number of aromatic nitrogens is 2. The van der Waals surface area contributed by atoms with E-state index in [1.165, 1.54) is 17.5 Å². The third-order valence-electron chi connectivity index (χ3n) is 5.86. The van der Waals surface area contributed by atoms with Gasteiger partial charge in [0.2, 0.25) is 0 Å². The summed E-state index contributed by atoms with van der Waals surface area (Å²) in [4.78, 5) is 25.1.